The van der Waals surface area contributed by atoms with Crippen LogP contribution in [0.3, 0.4) is 0 Å². The Labute approximate surface area is 146 Å². The van der Waals surface area contributed by atoms with Crippen LogP contribution in [0.15, 0.2) is 54.7 Å². The van der Waals surface area contributed by atoms with Crippen molar-refractivity contribution in [2.24, 2.45) is 0 Å². The van der Waals surface area contributed by atoms with E-state index in [9.17, 15) is 4.79 Å². The molecule has 0 fully saturated rings. The van der Waals surface area contributed by atoms with Crippen LogP contribution >= 0.6 is 0 Å². The number of nitrogens with one attached hydrogen (secondary N) is 1. The summed E-state index contributed by atoms with van der Waals surface area (Å²) in [6, 6.07) is 14.9. The normalized spacial score (nSPS) is 11.8. The highest BCUT2D eigenvalue weighted by atomic mass is 16.5. The average Bonchev–Trinajstić information content (AvgIpc) is 2.64. The predicted molar refractivity (Wildman–Crippen MR) is 98.2 cm³/mol. The van der Waals surface area contributed by atoms with Crippen LogP contribution < -0.4 is 14.8 Å². The maximum Gasteiger partial charge on any atom is 0.265 e. The van der Waals surface area contributed by atoms with E-state index in [0.717, 1.165) is 16.5 Å². The van der Waals surface area contributed by atoms with Gasteiger partial charge in [0, 0.05) is 11.6 Å². The summed E-state index contributed by atoms with van der Waals surface area (Å²) in [5.41, 5.74) is 2.65. The fourth-order valence-electron chi connectivity index (χ4n) is 2.62. The zero-order valence-electron chi connectivity index (χ0n) is 14.4. The Balaban J connectivity index is 1.79. The Bertz CT molecular complexity index is 908. The molecular weight excluding hydrogens is 316 g/mol. The molecular formula is C20H20N2O3. The van der Waals surface area contributed by atoms with Gasteiger partial charge in [-0.2, -0.15) is 0 Å². The summed E-state index contributed by atoms with van der Waals surface area (Å²) in [4.78, 5) is 16.9. The fraction of sp³-hybridized carbons (Fsp3) is 0.200. The molecule has 0 bridgehead atoms. The molecule has 0 saturated carbocycles. The van der Waals surface area contributed by atoms with Crippen molar-refractivity contribution in [3.63, 3.8) is 0 Å². The fourth-order valence-corrected chi connectivity index (χ4v) is 2.62. The second kappa shape index (κ2) is 7.21. The lowest BCUT2D eigenvalue weighted by Gasteiger charge is -2.17. The standard InChI is InChI=1S/C20H20N2O3/c1-13-10-11-16(15-7-6-12-21-19(13)15)22-20(23)14(2)25-18-9-5-4-8-17(18)24-3/h4-12,14H,1-3H3,(H,22,23)/t14-/m1/s1. The minimum absolute atomic E-state index is 0.236. The monoisotopic (exact) mass is 336 g/mol. The molecule has 1 heterocycles. The third-order valence-corrected chi connectivity index (χ3v) is 3.97. The van der Waals surface area contributed by atoms with Gasteiger partial charge in [-0.1, -0.05) is 18.2 Å². The molecule has 5 heteroatoms. The number of nitrogens with zero attached hydrogens (tertiary/aromatic N) is 1. The zero-order valence-corrected chi connectivity index (χ0v) is 14.4. The van der Waals surface area contributed by atoms with Gasteiger partial charge in [-0.3, -0.25) is 9.78 Å². The average molecular weight is 336 g/mol. The lowest BCUT2D eigenvalue weighted by Crippen LogP contribution is -2.30. The van der Waals surface area contributed by atoms with Gasteiger partial charge in [-0.15, -0.1) is 0 Å². The number of anilines is 1. The van der Waals surface area contributed by atoms with Gasteiger partial charge in [0.05, 0.1) is 18.3 Å². The molecule has 0 radical (unpaired) electrons. The molecule has 1 amide bonds. The van der Waals surface area contributed by atoms with E-state index in [1.165, 1.54) is 0 Å². The van der Waals surface area contributed by atoms with Crippen LogP contribution in [0.4, 0.5) is 5.69 Å². The van der Waals surface area contributed by atoms with Gasteiger partial charge in [0.2, 0.25) is 0 Å². The summed E-state index contributed by atoms with van der Waals surface area (Å²) in [7, 11) is 1.57. The maximum atomic E-state index is 12.5. The van der Waals surface area contributed by atoms with E-state index in [4.69, 9.17) is 9.47 Å². The molecule has 1 atom stereocenters. The molecule has 25 heavy (non-hydrogen) atoms. The summed E-state index contributed by atoms with van der Waals surface area (Å²) >= 11 is 0. The van der Waals surface area contributed by atoms with Gasteiger partial charge in [-0.25, -0.2) is 0 Å². The van der Waals surface area contributed by atoms with Crippen molar-refractivity contribution in [2.75, 3.05) is 12.4 Å². The number of rotatable bonds is 5. The molecule has 1 N–H and O–H groups in total. The molecule has 0 unspecified atom stereocenters. The number of ether oxygens (including phenoxy) is 2. The van der Waals surface area contributed by atoms with Crippen molar-refractivity contribution in [1.29, 1.82) is 0 Å². The first-order valence-electron chi connectivity index (χ1n) is 8.05. The number of carbonyl (C=O) groups is 1. The minimum atomic E-state index is -0.677. The van der Waals surface area contributed by atoms with Crippen molar-refractivity contribution in [3.05, 3.63) is 60.3 Å². The highest BCUT2D eigenvalue weighted by molar-refractivity contribution is 6.03. The molecule has 0 aliphatic heterocycles. The topological polar surface area (TPSA) is 60.5 Å². The third-order valence-electron chi connectivity index (χ3n) is 3.97. The van der Waals surface area contributed by atoms with Crippen LogP contribution in [0.2, 0.25) is 0 Å². The van der Waals surface area contributed by atoms with Crippen molar-refractivity contribution in [3.8, 4) is 11.5 Å². The van der Waals surface area contributed by atoms with Crippen molar-refractivity contribution < 1.29 is 14.3 Å². The van der Waals surface area contributed by atoms with Gasteiger partial charge in [-0.05, 0) is 49.7 Å². The number of hydrogen-bond donors (Lipinski definition) is 1. The van der Waals surface area contributed by atoms with Crippen molar-refractivity contribution in [1.82, 2.24) is 4.98 Å². The van der Waals surface area contributed by atoms with Crippen LogP contribution in [-0.2, 0) is 4.79 Å². The molecule has 0 spiro atoms. The number of amides is 1. The van der Waals surface area contributed by atoms with Crippen LogP contribution in [0.5, 0.6) is 11.5 Å². The molecule has 128 valence electrons. The predicted octanol–water partition coefficient (Wildman–Crippen LogP) is 3.96. The Morgan fingerprint density at radius 1 is 1.08 bits per heavy atom. The smallest absolute Gasteiger partial charge is 0.265 e. The number of fused-ring (bicyclic) bond motifs is 1. The highest BCUT2D eigenvalue weighted by Gasteiger charge is 2.18. The SMILES string of the molecule is COc1ccccc1O[C@H](C)C(=O)Nc1ccc(C)c2ncccc12. The number of hydrogen-bond acceptors (Lipinski definition) is 4. The molecule has 3 rings (SSSR count). The molecule has 2 aromatic carbocycles. The van der Waals surface area contributed by atoms with Gasteiger partial charge in [0.1, 0.15) is 0 Å². The zero-order chi connectivity index (χ0) is 17.8. The summed E-state index contributed by atoms with van der Waals surface area (Å²) in [6.45, 7) is 3.70. The highest BCUT2D eigenvalue weighted by Crippen LogP contribution is 2.28. The van der Waals surface area contributed by atoms with Crippen LogP contribution in [0.25, 0.3) is 10.9 Å². The maximum absolute atomic E-state index is 12.5. The van der Waals surface area contributed by atoms with Gasteiger partial charge in [0.25, 0.3) is 5.91 Å². The summed E-state index contributed by atoms with van der Waals surface area (Å²) in [5.74, 6) is 0.884. The van der Waals surface area contributed by atoms with Crippen LogP contribution in [0, 0.1) is 6.92 Å². The Hall–Kier alpha value is -3.08. The molecule has 5 nitrogen and oxygen atoms in total. The number of aryl methyl sites for hydroxylation is 1. The van der Waals surface area contributed by atoms with E-state index < -0.39 is 6.10 Å². The van der Waals surface area contributed by atoms with E-state index in [0.29, 0.717) is 17.2 Å². The Morgan fingerprint density at radius 2 is 1.84 bits per heavy atom. The number of pyridine rings is 1. The number of para-hydroxylation sites is 2. The van der Waals surface area contributed by atoms with Crippen LogP contribution in [0.1, 0.15) is 12.5 Å². The van der Waals surface area contributed by atoms with Crippen molar-refractivity contribution >= 4 is 22.5 Å². The second-order valence-corrected chi connectivity index (χ2v) is 5.73. The molecule has 0 saturated heterocycles. The molecule has 3 aromatic rings. The minimum Gasteiger partial charge on any atom is -0.493 e. The summed E-state index contributed by atoms with van der Waals surface area (Å²) in [5, 5.41) is 3.83. The number of carbonyl (C=O) groups excluding carboxylic acids is 1. The summed E-state index contributed by atoms with van der Waals surface area (Å²) < 4.78 is 11.0. The Morgan fingerprint density at radius 3 is 2.60 bits per heavy atom. The molecule has 0 aliphatic carbocycles. The van der Waals surface area contributed by atoms with E-state index in [1.807, 2.05) is 43.3 Å². The second-order valence-electron chi connectivity index (χ2n) is 5.73. The third kappa shape index (κ3) is 3.55. The van der Waals surface area contributed by atoms with Gasteiger partial charge >= 0.3 is 0 Å². The first-order valence-corrected chi connectivity index (χ1v) is 8.05. The quantitative estimate of drug-likeness (QED) is 0.766. The van der Waals surface area contributed by atoms with E-state index >= 15 is 0 Å². The number of benzene rings is 2. The van der Waals surface area contributed by atoms with Gasteiger partial charge < -0.3 is 14.8 Å². The first kappa shape index (κ1) is 16.8. The van der Waals surface area contributed by atoms with E-state index in [2.05, 4.69) is 10.3 Å². The lowest BCUT2D eigenvalue weighted by molar-refractivity contribution is -0.122. The lowest BCUT2D eigenvalue weighted by atomic mass is 10.1. The van der Waals surface area contributed by atoms with Crippen LogP contribution in [-0.4, -0.2) is 24.1 Å². The molecule has 0 aliphatic rings. The van der Waals surface area contributed by atoms with Crippen molar-refractivity contribution in [2.45, 2.75) is 20.0 Å². The molecule has 1 aromatic heterocycles. The number of methoxy groups -OCH3 is 1. The first-order chi connectivity index (χ1) is 12.1. The largest absolute Gasteiger partial charge is 0.493 e. The van der Waals surface area contributed by atoms with E-state index in [-0.39, 0.29) is 5.91 Å². The van der Waals surface area contributed by atoms with Gasteiger partial charge in [0.15, 0.2) is 17.6 Å². The summed E-state index contributed by atoms with van der Waals surface area (Å²) in [6.07, 6.45) is 1.07. The number of aromatic nitrogens is 1. The van der Waals surface area contributed by atoms with E-state index in [1.54, 1.807) is 32.4 Å². The Kier molecular flexibility index (Phi) is 4.84.